The van der Waals surface area contributed by atoms with Crippen LogP contribution in [-0.4, -0.2) is 75.3 Å². The van der Waals surface area contributed by atoms with Gasteiger partial charge in [0.15, 0.2) is 12.2 Å². The molecule has 0 radical (unpaired) electrons. The van der Waals surface area contributed by atoms with E-state index in [1.54, 1.807) is 0 Å². The summed E-state index contributed by atoms with van der Waals surface area (Å²) in [5, 5.41) is 33.5. The zero-order valence-corrected chi connectivity index (χ0v) is 19.0. The first-order chi connectivity index (χ1) is 14.9. The van der Waals surface area contributed by atoms with Gasteiger partial charge in [0.2, 0.25) is 5.72 Å². The second-order valence-corrected chi connectivity index (χ2v) is 11.3. The van der Waals surface area contributed by atoms with E-state index in [0.29, 0.717) is 0 Å². The molecule has 1 saturated heterocycles. The molecule has 19 nitrogen and oxygen atoms in total. The van der Waals surface area contributed by atoms with E-state index in [0.717, 1.165) is 10.9 Å². The van der Waals surface area contributed by atoms with E-state index in [4.69, 9.17) is 25.2 Å². The lowest BCUT2D eigenvalue weighted by Crippen LogP contribution is -2.37. The highest BCUT2D eigenvalue weighted by Crippen LogP contribution is 2.66. The second-order valence-electron chi connectivity index (χ2n) is 6.92. The lowest BCUT2D eigenvalue weighted by molar-refractivity contribution is -0.0512. The molecule has 0 aliphatic carbocycles. The third-order valence-electron chi connectivity index (χ3n) is 4.26. The van der Waals surface area contributed by atoms with Crippen LogP contribution in [0.15, 0.2) is 11.3 Å². The molecule has 2 aliphatic rings. The van der Waals surface area contributed by atoms with Crippen molar-refractivity contribution < 1.29 is 66.5 Å². The standard InChI is InChI=1S/C11H20N5O14P3/c1-11(19)7-8(14-10(12)15-11)16(3-13-7)9-6(18)5(17)4(28-9)2-27-32(23,24)30-33(25,26)29-31(20,21)22/h3-6,9,17-19H,2H2,1H3,(H,23,24)(H,25,26)(H3,12,14,15)(H2,20,21,22)/t4-,5-,6-,9-,11?/m1/s1. The summed E-state index contributed by atoms with van der Waals surface area (Å²) in [5.41, 5.74) is 3.82. The normalized spacial score (nSPS) is 33.5. The Morgan fingerprint density at radius 3 is 2.42 bits per heavy atom. The number of aliphatic imine (C=N–C) groups is 1. The SMILES string of the molecule is CC1(O)N=C(N)Nc2c1ncn2[C@@H]1O[C@H](COP(=O)(O)OP(=O)(O)OP(=O)(O)O)[C@@H](O)[C@H]1O. The van der Waals surface area contributed by atoms with Crippen LogP contribution < -0.4 is 11.1 Å². The molecule has 1 aromatic rings. The van der Waals surface area contributed by atoms with Crippen molar-refractivity contribution in [3.63, 3.8) is 0 Å². The van der Waals surface area contributed by atoms with Crippen LogP contribution in [0.5, 0.6) is 0 Å². The van der Waals surface area contributed by atoms with Gasteiger partial charge in [-0.1, -0.05) is 0 Å². The fraction of sp³-hybridized carbons (Fsp3) is 0.636. The quantitative estimate of drug-likeness (QED) is 0.158. The molecule has 1 fully saturated rings. The molecule has 0 bridgehead atoms. The van der Waals surface area contributed by atoms with Gasteiger partial charge in [-0.05, 0) is 6.92 Å². The van der Waals surface area contributed by atoms with Crippen LogP contribution in [0.2, 0.25) is 0 Å². The van der Waals surface area contributed by atoms with Gasteiger partial charge in [0, 0.05) is 0 Å². The highest BCUT2D eigenvalue weighted by molar-refractivity contribution is 7.66. The fourth-order valence-corrected chi connectivity index (χ4v) is 6.06. The summed E-state index contributed by atoms with van der Waals surface area (Å²) >= 11 is 0. The first-order valence-corrected chi connectivity index (χ1v) is 13.1. The molecule has 10 N–H and O–H groups in total. The van der Waals surface area contributed by atoms with E-state index < -0.39 is 60.3 Å². The number of aliphatic hydroxyl groups excluding tert-OH is 2. The van der Waals surface area contributed by atoms with Crippen molar-refractivity contribution in [3.8, 4) is 0 Å². The van der Waals surface area contributed by atoms with Gasteiger partial charge < -0.3 is 50.7 Å². The van der Waals surface area contributed by atoms with Crippen LogP contribution in [0.1, 0.15) is 18.8 Å². The zero-order chi connectivity index (χ0) is 25.0. The van der Waals surface area contributed by atoms with Crippen LogP contribution in [-0.2, 0) is 37.3 Å². The summed E-state index contributed by atoms with van der Waals surface area (Å²) in [4.78, 5) is 43.4. The average Bonchev–Trinajstić information content (AvgIpc) is 3.12. The van der Waals surface area contributed by atoms with Crippen molar-refractivity contribution in [3.05, 3.63) is 12.0 Å². The number of nitrogens with one attached hydrogen (secondary N) is 1. The number of rotatable bonds is 8. The highest BCUT2D eigenvalue weighted by atomic mass is 31.3. The van der Waals surface area contributed by atoms with E-state index in [1.165, 1.54) is 6.92 Å². The Hall–Kier alpha value is -1.27. The molecule has 3 heterocycles. The van der Waals surface area contributed by atoms with E-state index in [2.05, 4.69) is 28.4 Å². The predicted octanol–water partition coefficient (Wildman–Crippen LogP) is -2.25. The molecule has 22 heteroatoms. The Bertz CT molecular complexity index is 1080. The Morgan fingerprint density at radius 1 is 1.18 bits per heavy atom. The maximum atomic E-state index is 11.8. The van der Waals surface area contributed by atoms with Gasteiger partial charge in [0.25, 0.3) is 0 Å². The van der Waals surface area contributed by atoms with Crippen LogP contribution >= 0.6 is 23.5 Å². The highest BCUT2D eigenvalue weighted by Gasteiger charge is 2.48. The molecule has 0 spiro atoms. The summed E-state index contributed by atoms with van der Waals surface area (Å²) in [7, 11) is -16.8. The topological polar surface area (TPSA) is 298 Å². The maximum absolute atomic E-state index is 11.8. The molecular weight excluding hydrogens is 519 g/mol. The Balaban J connectivity index is 1.70. The molecule has 0 saturated carbocycles. The van der Waals surface area contributed by atoms with Crippen LogP contribution in [0, 0.1) is 0 Å². The van der Waals surface area contributed by atoms with Gasteiger partial charge in [0.05, 0.1) is 12.9 Å². The summed E-state index contributed by atoms with van der Waals surface area (Å²) in [6.45, 7) is 0.299. The number of nitrogens with zero attached hydrogens (tertiary/aromatic N) is 3. The number of hydrogen-bond acceptors (Lipinski definition) is 14. The van der Waals surface area contributed by atoms with E-state index in [9.17, 15) is 33.9 Å². The molecule has 0 amide bonds. The number of aromatic nitrogens is 2. The number of hydrogen-bond donors (Lipinski definition) is 9. The van der Waals surface area contributed by atoms with Crippen LogP contribution in [0.3, 0.4) is 0 Å². The minimum Gasteiger partial charge on any atom is -0.387 e. The minimum absolute atomic E-state index is 0.0127. The van der Waals surface area contributed by atoms with Crippen molar-refractivity contribution in [1.29, 1.82) is 0 Å². The molecule has 3 unspecified atom stereocenters. The summed E-state index contributed by atoms with van der Waals surface area (Å²) in [6, 6.07) is 0. The molecule has 1 aromatic heterocycles. The van der Waals surface area contributed by atoms with Gasteiger partial charge in [-0.2, -0.15) is 8.62 Å². The first-order valence-electron chi connectivity index (χ1n) is 8.63. The number of aliphatic hydroxyl groups is 3. The molecule has 7 atom stereocenters. The number of ether oxygens (including phenoxy) is 1. The van der Waals surface area contributed by atoms with Gasteiger partial charge in [0.1, 0.15) is 29.8 Å². The Labute approximate surface area is 183 Å². The smallest absolute Gasteiger partial charge is 0.387 e. The lowest BCUT2D eigenvalue weighted by Gasteiger charge is -2.26. The monoisotopic (exact) mass is 539 g/mol. The first kappa shape index (κ1) is 26.3. The number of phosphoric acid groups is 3. The van der Waals surface area contributed by atoms with Gasteiger partial charge >= 0.3 is 23.5 Å². The van der Waals surface area contributed by atoms with Gasteiger partial charge in [-0.3, -0.25) is 9.09 Å². The zero-order valence-electron chi connectivity index (χ0n) is 16.3. The van der Waals surface area contributed by atoms with E-state index in [1.807, 2.05) is 0 Å². The number of anilines is 1. The summed E-state index contributed by atoms with van der Waals surface area (Å²) < 4.78 is 52.0. The second kappa shape index (κ2) is 8.75. The molecule has 33 heavy (non-hydrogen) atoms. The van der Waals surface area contributed by atoms with Crippen molar-refractivity contribution in [2.75, 3.05) is 11.9 Å². The number of nitrogens with two attached hydrogens (primary N) is 1. The van der Waals surface area contributed by atoms with Crippen molar-refractivity contribution in [1.82, 2.24) is 9.55 Å². The predicted molar refractivity (Wildman–Crippen MR) is 103 cm³/mol. The minimum atomic E-state index is -5.73. The lowest BCUT2D eigenvalue weighted by atomic mass is 10.1. The van der Waals surface area contributed by atoms with Crippen molar-refractivity contribution >= 4 is 35.2 Å². The number of imidazole rings is 1. The molecule has 3 rings (SSSR count). The summed E-state index contributed by atoms with van der Waals surface area (Å²) in [6.07, 6.45) is -5.14. The summed E-state index contributed by atoms with van der Waals surface area (Å²) in [5.74, 6) is -0.121. The van der Waals surface area contributed by atoms with Crippen LogP contribution in [0.4, 0.5) is 5.82 Å². The molecule has 188 valence electrons. The molecule has 0 aromatic carbocycles. The average molecular weight is 539 g/mol. The number of guanidine groups is 1. The van der Waals surface area contributed by atoms with Gasteiger partial charge in [-0.25, -0.2) is 23.7 Å². The Kier molecular flexibility index (Phi) is 6.98. The third kappa shape index (κ3) is 6.05. The maximum Gasteiger partial charge on any atom is 0.490 e. The van der Waals surface area contributed by atoms with E-state index >= 15 is 0 Å². The number of fused-ring (bicyclic) bond motifs is 1. The Morgan fingerprint density at radius 2 is 1.82 bits per heavy atom. The third-order valence-corrected chi connectivity index (χ3v) is 8.06. The number of phosphoric ester groups is 1. The van der Waals surface area contributed by atoms with Crippen molar-refractivity contribution in [2.45, 2.75) is 37.2 Å². The van der Waals surface area contributed by atoms with Crippen LogP contribution in [0.25, 0.3) is 0 Å². The van der Waals surface area contributed by atoms with E-state index in [-0.39, 0.29) is 17.5 Å². The molecular formula is C11H20N5O14P3. The van der Waals surface area contributed by atoms with Crippen molar-refractivity contribution in [2.24, 2.45) is 10.7 Å². The largest absolute Gasteiger partial charge is 0.490 e. The molecule has 2 aliphatic heterocycles. The van der Waals surface area contributed by atoms with Gasteiger partial charge in [-0.15, -0.1) is 0 Å². The fourth-order valence-electron chi connectivity index (χ4n) is 3.03.